The van der Waals surface area contributed by atoms with Crippen LogP contribution in [0.5, 0.6) is 0 Å². The third-order valence-corrected chi connectivity index (χ3v) is 4.31. The Morgan fingerprint density at radius 3 is 2.07 bits per heavy atom. The molecule has 148 valence electrons. The van der Waals surface area contributed by atoms with Crippen molar-refractivity contribution in [1.29, 1.82) is 0 Å². The minimum Gasteiger partial charge on any atom is -0.384 e. The van der Waals surface area contributed by atoms with Crippen LogP contribution in [0.4, 0.5) is 34.3 Å². The summed E-state index contributed by atoms with van der Waals surface area (Å²) in [5, 5.41) is 9.43. The topological polar surface area (TPSA) is 105 Å². The molecule has 2 heterocycles. The molecule has 0 radical (unpaired) electrons. The number of aromatic nitrogens is 2. The molecule has 4 rings (SSSR count). The van der Waals surface area contributed by atoms with Crippen molar-refractivity contribution in [3.8, 4) is 0 Å². The highest BCUT2D eigenvalue weighted by Crippen LogP contribution is 2.21. The lowest BCUT2D eigenvalue weighted by atomic mass is 10.1. The van der Waals surface area contributed by atoms with E-state index in [1.165, 1.54) is 0 Å². The number of carbonyl (C=O) groups is 1. The largest absolute Gasteiger partial charge is 0.384 e. The summed E-state index contributed by atoms with van der Waals surface area (Å²) in [7, 11) is 0. The van der Waals surface area contributed by atoms with Crippen LogP contribution in [0, 0.1) is 0 Å². The highest BCUT2D eigenvalue weighted by atomic mass is 16.1. The molecule has 0 atom stereocenters. The summed E-state index contributed by atoms with van der Waals surface area (Å²) in [4.78, 5) is 20.6. The van der Waals surface area contributed by atoms with Gasteiger partial charge in [0.15, 0.2) is 0 Å². The maximum Gasteiger partial charge on any atom is 0.255 e. The van der Waals surface area contributed by atoms with Crippen molar-refractivity contribution in [3.63, 3.8) is 0 Å². The van der Waals surface area contributed by atoms with Gasteiger partial charge in [-0.25, -0.2) is 4.98 Å². The van der Waals surface area contributed by atoms with E-state index in [4.69, 9.17) is 5.73 Å². The third kappa shape index (κ3) is 4.90. The van der Waals surface area contributed by atoms with Crippen molar-refractivity contribution >= 4 is 40.2 Å². The lowest BCUT2D eigenvalue weighted by Gasteiger charge is -2.10. The zero-order valence-electron chi connectivity index (χ0n) is 16.0. The molecule has 0 unspecified atom stereocenters. The average molecular weight is 396 g/mol. The number of anilines is 6. The van der Waals surface area contributed by atoms with Crippen LogP contribution in [-0.4, -0.2) is 15.9 Å². The SMILES string of the molecule is Nc1cc(Nc2ccc(C(=O)Nc3cccc(Nc4ccncc4)c3)cc2)ccn1. The molecule has 0 aliphatic carbocycles. The smallest absolute Gasteiger partial charge is 0.255 e. The van der Waals surface area contributed by atoms with E-state index >= 15 is 0 Å². The Morgan fingerprint density at radius 2 is 1.33 bits per heavy atom. The van der Waals surface area contributed by atoms with Gasteiger partial charge in [0.2, 0.25) is 0 Å². The van der Waals surface area contributed by atoms with Gasteiger partial charge in [0.05, 0.1) is 0 Å². The van der Waals surface area contributed by atoms with Gasteiger partial charge in [0.25, 0.3) is 5.91 Å². The van der Waals surface area contributed by atoms with E-state index in [2.05, 4.69) is 25.9 Å². The number of amides is 1. The molecular formula is C23H20N6O. The number of nitrogens with two attached hydrogens (primary N) is 1. The van der Waals surface area contributed by atoms with Crippen LogP contribution in [-0.2, 0) is 0 Å². The molecule has 0 aliphatic rings. The summed E-state index contributed by atoms with van der Waals surface area (Å²) in [6.45, 7) is 0. The predicted molar refractivity (Wildman–Crippen MR) is 120 cm³/mol. The van der Waals surface area contributed by atoms with Crippen LogP contribution in [0.2, 0.25) is 0 Å². The molecule has 4 aromatic rings. The maximum absolute atomic E-state index is 12.6. The molecule has 0 aliphatic heterocycles. The monoisotopic (exact) mass is 396 g/mol. The first-order valence-corrected chi connectivity index (χ1v) is 9.33. The number of carbonyl (C=O) groups excluding carboxylic acids is 1. The Hall–Kier alpha value is -4.39. The summed E-state index contributed by atoms with van der Waals surface area (Å²) >= 11 is 0. The molecule has 7 heteroatoms. The highest BCUT2D eigenvalue weighted by molar-refractivity contribution is 6.04. The van der Waals surface area contributed by atoms with Gasteiger partial charge in [-0.1, -0.05) is 6.07 Å². The fourth-order valence-electron chi connectivity index (χ4n) is 2.88. The van der Waals surface area contributed by atoms with E-state index in [0.717, 1.165) is 22.7 Å². The Bertz CT molecular complexity index is 1150. The number of rotatable bonds is 6. The van der Waals surface area contributed by atoms with E-state index in [0.29, 0.717) is 17.1 Å². The molecule has 0 bridgehead atoms. The zero-order chi connectivity index (χ0) is 20.8. The quantitative estimate of drug-likeness (QED) is 0.373. The van der Waals surface area contributed by atoms with Gasteiger partial charge in [-0.2, -0.15) is 0 Å². The number of hydrogen-bond acceptors (Lipinski definition) is 6. The normalized spacial score (nSPS) is 10.3. The van der Waals surface area contributed by atoms with Gasteiger partial charge in [-0.3, -0.25) is 9.78 Å². The number of pyridine rings is 2. The maximum atomic E-state index is 12.6. The van der Waals surface area contributed by atoms with Crippen LogP contribution >= 0.6 is 0 Å². The van der Waals surface area contributed by atoms with Crippen LogP contribution in [0.25, 0.3) is 0 Å². The van der Waals surface area contributed by atoms with E-state index in [1.54, 1.807) is 36.8 Å². The van der Waals surface area contributed by atoms with Gasteiger partial charge >= 0.3 is 0 Å². The molecule has 0 saturated heterocycles. The van der Waals surface area contributed by atoms with Gasteiger partial charge in [-0.15, -0.1) is 0 Å². The number of nitrogens with one attached hydrogen (secondary N) is 3. The zero-order valence-corrected chi connectivity index (χ0v) is 16.0. The second-order valence-electron chi connectivity index (χ2n) is 6.57. The van der Waals surface area contributed by atoms with E-state index in [9.17, 15) is 4.79 Å². The molecule has 1 amide bonds. The number of benzene rings is 2. The summed E-state index contributed by atoms with van der Waals surface area (Å²) in [6, 6.07) is 22.1. The highest BCUT2D eigenvalue weighted by Gasteiger charge is 2.07. The minimum atomic E-state index is -0.184. The summed E-state index contributed by atoms with van der Waals surface area (Å²) in [5.74, 6) is 0.257. The first-order valence-electron chi connectivity index (χ1n) is 9.33. The Morgan fingerprint density at radius 1 is 0.700 bits per heavy atom. The molecule has 5 N–H and O–H groups in total. The van der Waals surface area contributed by atoms with Crippen molar-refractivity contribution < 1.29 is 4.79 Å². The summed E-state index contributed by atoms with van der Waals surface area (Å²) in [5.41, 5.74) is 10.4. The van der Waals surface area contributed by atoms with Gasteiger partial charge < -0.3 is 21.7 Å². The predicted octanol–water partition coefficient (Wildman–Crippen LogP) is 4.80. The fourth-order valence-corrected chi connectivity index (χ4v) is 2.88. The van der Waals surface area contributed by atoms with Crippen LogP contribution in [0.3, 0.4) is 0 Å². The molecule has 0 saturated carbocycles. The number of nitrogen functional groups attached to an aromatic ring is 1. The second-order valence-corrected chi connectivity index (χ2v) is 6.57. The van der Waals surface area contributed by atoms with Crippen molar-refractivity contribution in [2.75, 3.05) is 21.7 Å². The first kappa shape index (κ1) is 18.9. The lowest BCUT2D eigenvalue weighted by molar-refractivity contribution is 0.102. The third-order valence-electron chi connectivity index (χ3n) is 4.31. The molecule has 2 aromatic heterocycles. The average Bonchev–Trinajstić information content (AvgIpc) is 2.75. The van der Waals surface area contributed by atoms with E-state index < -0.39 is 0 Å². The standard InChI is InChI=1S/C23H20N6O/c24-22-15-21(10-13-26-22)27-17-6-4-16(5-7-17)23(30)29-20-3-1-2-19(14-20)28-18-8-11-25-12-9-18/h1-15H,(H,25,28)(H,29,30)(H3,24,26,27). The molecule has 2 aromatic carbocycles. The van der Waals surface area contributed by atoms with Crippen molar-refractivity contribution in [2.45, 2.75) is 0 Å². The van der Waals surface area contributed by atoms with Crippen molar-refractivity contribution in [2.24, 2.45) is 0 Å². The van der Waals surface area contributed by atoms with E-state index in [-0.39, 0.29) is 5.91 Å². The molecule has 0 spiro atoms. The molecule has 0 fully saturated rings. The Labute approximate surface area is 174 Å². The van der Waals surface area contributed by atoms with Crippen LogP contribution < -0.4 is 21.7 Å². The Kier molecular flexibility index (Phi) is 5.52. The number of nitrogens with zero attached hydrogens (tertiary/aromatic N) is 2. The minimum absolute atomic E-state index is 0.184. The summed E-state index contributed by atoms with van der Waals surface area (Å²) in [6.07, 6.45) is 5.07. The van der Waals surface area contributed by atoms with E-state index in [1.807, 2.05) is 54.6 Å². The first-order chi connectivity index (χ1) is 14.7. The van der Waals surface area contributed by atoms with Gasteiger partial charge in [-0.05, 0) is 60.7 Å². The fraction of sp³-hybridized carbons (Fsp3) is 0. The molecular weight excluding hydrogens is 376 g/mol. The Balaban J connectivity index is 1.40. The van der Waals surface area contributed by atoms with Crippen molar-refractivity contribution in [1.82, 2.24) is 9.97 Å². The summed E-state index contributed by atoms with van der Waals surface area (Å²) < 4.78 is 0. The van der Waals surface area contributed by atoms with Crippen molar-refractivity contribution in [3.05, 3.63) is 97.0 Å². The lowest BCUT2D eigenvalue weighted by Crippen LogP contribution is -2.11. The second kappa shape index (κ2) is 8.74. The van der Waals surface area contributed by atoms with Crippen LogP contribution in [0.15, 0.2) is 91.4 Å². The van der Waals surface area contributed by atoms with Gasteiger partial charge in [0, 0.05) is 58.7 Å². The molecule has 30 heavy (non-hydrogen) atoms. The number of hydrogen-bond donors (Lipinski definition) is 4. The molecule has 7 nitrogen and oxygen atoms in total. The van der Waals surface area contributed by atoms with Gasteiger partial charge in [0.1, 0.15) is 5.82 Å². The van der Waals surface area contributed by atoms with Crippen LogP contribution in [0.1, 0.15) is 10.4 Å².